The SMILES string of the molecule is CCOc1ccc(-n2nnc3cnc(N[C@@H]4CC[C@H](C(=O)O)C4)nc32)cc1. The third-order valence-electron chi connectivity index (χ3n) is 4.70. The molecule has 2 N–H and O–H groups in total. The van der Waals surface area contributed by atoms with Crippen molar-refractivity contribution in [2.45, 2.75) is 32.2 Å². The highest BCUT2D eigenvalue weighted by Gasteiger charge is 2.30. The lowest BCUT2D eigenvalue weighted by Crippen LogP contribution is -2.19. The molecule has 9 nitrogen and oxygen atoms in total. The summed E-state index contributed by atoms with van der Waals surface area (Å²) in [6.07, 6.45) is 3.65. The minimum atomic E-state index is -0.742. The van der Waals surface area contributed by atoms with Crippen molar-refractivity contribution in [3.63, 3.8) is 0 Å². The summed E-state index contributed by atoms with van der Waals surface area (Å²) >= 11 is 0. The Kier molecular flexibility index (Phi) is 4.57. The van der Waals surface area contributed by atoms with Gasteiger partial charge in [0.2, 0.25) is 5.95 Å². The predicted molar refractivity (Wildman–Crippen MR) is 98.0 cm³/mol. The minimum Gasteiger partial charge on any atom is -0.494 e. The van der Waals surface area contributed by atoms with Gasteiger partial charge >= 0.3 is 5.97 Å². The number of carboxylic acid groups (broad SMARTS) is 1. The normalized spacial score (nSPS) is 19.3. The first-order valence-electron chi connectivity index (χ1n) is 8.95. The second-order valence-electron chi connectivity index (χ2n) is 6.52. The lowest BCUT2D eigenvalue weighted by molar-refractivity contribution is -0.141. The van der Waals surface area contributed by atoms with E-state index in [4.69, 9.17) is 9.84 Å². The summed E-state index contributed by atoms with van der Waals surface area (Å²) in [6, 6.07) is 7.58. The predicted octanol–water partition coefficient (Wildman–Crippen LogP) is 2.27. The zero-order valence-electron chi connectivity index (χ0n) is 14.9. The van der Waals surface area contributed by atoms with Crippen molar-refractivity contribution >= 4 is 23.1 Å². The van der Waals surface area contributed by atoms with E-state index in [-0.39, 0.29) is 12.0 Å². The van der Waals surface area contributed by atoms with E-state index in [1.807, 2.05) is 31.2 Å². The molecule has 1 saturated carbocycles. The van der Waals surface area contributed by atoms with Gasteiger partial charge in [0, 0.05) is 6.04 Å². The van der Waals surface area contributed by atoms with E-state index in [2.05, 4.69) is 25.6 Å². The van der Waals surface area contributed by atoms with Gasteiger partial charge in [0.05, 0.1) is 24.4 Å². The zero-order valence-corrected chi connectivity index (χ0v) is 14.9. The molecule has 4 rings (SSSR count). The topological polar surface area (TPSA) is 115 Å². The van der Waals surface area contributed by atoms with Crippen molar-refractivity contribution in [3.8, 4) is 11.4 Å². The van der Waals surface area contributed by atoms with Crippen LogP contribution in [-0.4, -0.2) is 48.7 Å². The van der Waals surface area contributed by atoms with Gasteiger partial charge in [-0.2, -0.15) is 9.67 Å². The molecule has 1 aliphatic carbocycles. The largest absolute Gasteiger partial charge is 0.494 e. The third kappa shape index (κ3) is 3.53. The van der Waals surface area contributed by atoms with E-state index in [1.165, 1.54) is 0 Å². The van der Waals surface area contributed by atoms with Crippen LogP contribution in [0.25, 0.3) is 16.9 Å². The number of hydrogen-bond acceptors (Lipinski definition) is 7. The second-order valence-corrected chi connectivity index (χ2v) is 6.52. The lowest BCUT2D eigenvalue weighted by atomic mass is 10.1. The van der Waals surface area contributed by atoms with Crippen molar-refractivity contribution < 1.29 is 14.6 Å². The Morgan fingerprint density at radius 1 is 1.33 bits per heavy atom. The van der Waals surface area contributed by atoms with E-state index in [0.717, 1.165) is 17.9 Å². The van der Waals surface area contributed by atoms with Gasteiger partial charge in [0.25, 0.3) is 0 Å². The van der Waals surface area contributed by atoms with Gasteiger partial charge < -0.3 is 15.2 Å². The Balaban J connectivity index is 1.57. The molecule has 9 heteroatoms. The summed E-state index contributed by atoms with van der Waals surface area (Å²) in [5, 5.41) is 20.7. The molecular weight excluding hydrogens is 348 g/mol. The van der Waals surface area contributed by atoms with Crippen LogP contribution in [0.5, 0.6) is 5.75 Å². The van der Waals surface area contributed by atoms with E-state index in [0.29, 0.717) is 36.6 Å². The summed E-state index contributed by atoms with van der Waals surface area (Å²) in [5.74, 6) is 0.195. The van der Waals surface area contributed by atoms with Crippen molar-refractivity contribution in [1.29, 1.82) is 0 Å². The number of hydrogen-bond donors (Lipinski definition) is 2. The Bertz CT molecular complexity index is 955. The number of nitrogens with zero attached hydrogens (tertiary/aromatic N) is 5. The standard InChI is InChI=1S/C18H20N6O3/c1-2-27-14-7-5-13(6-8-14)24-16-15(22-23-24)10-19-18(21-16)20-12-4-3-11(9-12)17(25)26/h5-8,10-12H,2-4,9H2,1H3,(H,25,26)(H,19,20,21)/t11-,12+/m0/s1. The van der Waals surface area contributed by atoms with Crippen LogP contribution in [0.1, 0.15) is 26.2 Å². The van der Waals surface area contributed by atoms with E-state index < -0.39 is 5.97 Å². The molecule has 2 heterocycles. The molecule has 2 atom stereocenters. The molecule has 0 spiro atoms. The monoisotopic (exact) mass is 368 g/mol. The highest BCUT2D eigenvalue weighted by molar-refractivity contribution is 5.72. The first-order valence-corrected chi connectivity index (χ1v) is 8.95. The van der Waals surface area contributed by atoms with Crippen LogP contribution in [0.3, 0.4) is 0 Å². The lowest BCUT2D eigenvalue weighted by Gasteiger charge is -2.12. The van der Waals surface area contributed by atoms with Crippen molar-refractivity contribution in [1.82, 2.24) is 25.0 Å². The number of aromatic nitrogens is 5. The highest BCUT2D eigenvalue weighted by atomic mass is 16.5. The number of benzene rings is 1. The number of aliphatic carboxylic acids is 1. The fourth-order valence-corrected chi connectivity index (χ4v) is 3.34. The van der Waals surface area contributed by atoms with Crippen LogP contribution in [0.2, 0.25) is 0 Å². The van der Waals surface area contributed by atoms with E-state index >= 15 is 0 Å². The molecule has 1 aliphatic rings. The van der Waals surface area contributed by atoms with Gasteiger partial charge in [-0.25, -0.2) is 4.98 Å². The second kappa shape index (κ2) is 7.18. The van der Waals surface area contributed by atoms with Crippen molar-refractivity contribution in [3.05, 3.63) is 30.5 Å². The Hall–Kier alpha value is -3.23. The van der Waals surface area contributed by atoms with Gasteiger partial charge in [-0.15, -0.1) is 5.10 Å². The van der Waals surface area contributed by atoms with Crippen LogP contribution in [-0.2, 0) is 4.79 Å². The summed E-state index contributed by atoms with van der Waals surface area (Å²) in [5.41, 5.74) is 1.99. The van der Waals surface area contributed by atoms with Gasteiger partial charge in [-0.3, -0.25) is 4.79 Å². The average Bonchev–Trinajstić information content (AvgIpc) is 3.30. The van der Waals surface area contributed by atoms with E-state index in [1.54, 1.807) is 10.9 Å². The minimum absolute atomic E-state index is 0.0540. The number of fused-ring (bicyclic) bond motifs is 1. The summed E-state index contributed by atoms with van der Waals surface area (Å²) in [6.45, 7) is 2.55. The van der Waals surface area contributed by atoms with Crippen molar-refractivity contribution in [2.75, 3.05) is 11.9 Å². The zero-order chi connectivity index (χ0) is 18.8. The molecule has 0 unspecified atom stereocenters. The number of ether oxygens (including phenoxy) is 1. The number of carboxylic acids is 1. The molecule has 27 heavy (non-hydrogen) atoms. The van der Waals surface area contributed by atoms with Gasteiger partial charge in [0.1, 0.15) is 5.75 Å². The summed E-state index contributed by atoms with van der Waals surface area (Å²) in [4.78, 5) is 19.9. The van der Waals surface area contributed by atoms with Gasteiger partial charge in [-0.1, -0.05) is 5.21 Å². The number of carbonyl (C=O) groups is 1. The maximum absolute atomic E-state index is 11.1. The maximum atomic E-state index is 11.1. The molecule has 0 aliphatic heterocycles. The van der Waals surface area contributed by atoms with Crippen LogP contribution in [0.4, 0.5) is 5.95 Å². The van der Waals surface area contributed by atoms with Crippen LogP contribution < -0.4 is 10.1 Å². The number of anilines is 1. The summed E-state index contributed by atoms with van der Waals surface area (Å²) in [7, 11) is 0. The average molecular weight is 368 g/mol. The molecule has 1 aromatic carbocycles. The number of rotatable bonds is 6. The third-order valence-corrected chi connectivity index (χ3v) is 4.70. The van der Waals surface area contributed by atoms with Gasteiger partial charge in [-0.05, 0) is 50.5 Å². The maximum Gasteiger partial charge on any atom is 0.306 e. The van der Waals surface area contributed by atoms with Crippen LogP contribution >= 0.6 is 0 Å². The first kappa shape index (κ1) is 17.2. The molecule has 0 saturated heterocycles. The van der Waals surface area contributed by atoms with Gasteiger partial charge in [0.15, 0.2) is 11.2 Å². The molecule has 2 aromatic heterocycles. The Labute approximate surface area is 155 Å². The van der Waals surface area contributed by atoms with Crippen LogP contribution in [0.15, 0.2) is 30.5 Å². The molecule has 140 valence electrons. The Morgan fingerprint density at radius 2 is 2.15 bits per heavy atom. The summed E-state index contributed by atoms with van der Waals surface area (Å²) < 4.78 is 7.11. The first-order chi connectivity index (χ1) is 13.1. The molecule has 0 amide bonds. The van der Waals surface area contributed by atoms with Crippen molar-refractivity contribution in [2.24, 2.45) is 5.92 Å². The molecule has 0 radical (unpaired) electrons. The Morgan fingerprint density at radius 3 is 2.85 bits per heavy atom. The molecule has 3 aromatic rings. The van der Waals surface area contributed by atoms with Crippen LogP contribution in [0, 0.1) is 5.92 Å². The number of nitrogens with one attached hydrogen (secondary N) is 1. The quantitative estimate of drug-likeness (QED) is 0.681. The van der Waals surface area contributed by atoms with E-state index in [9.17, 15) is 4.79 Å². The fourth-order valence-electron chi connectivity index (χ4n) is 3.34. The highest BCUT2D eigenvalue weighted by Crippen LogP contribution is 2.28. The smallest absolute Gasteiger partial charge is 0.306 e. The molecule has 1 fully saturated rings. The molecular formula is C18H20N6O3. The fraction of sp³-hybridized carbons (Fsp3) is 0.389. The molecule has 0 bridgehead atoms.